The lowest BCUT2D eigenvalue weighted by Gasteiger charge is -2.26. The van der Waals surface area contributed by atoms with Gasteiger partial charge in [0.15, 0.2) is 0 Å². The maximum atomic E-state index is 13.4. The summed E-state index contributed by atoms with van der Waals surface area (Å²) in [5.74, 6) is -2.00. The molecule has 9 heteroatoms. The number of rotatable bonds is 5. The fourth-order valence-corrected chi connectivity index (χ4v) is 4.73. The van der Waals surface area contributed by atoms with Gasteiger partial charge in [-0.25, -0.2) is 0 Å². The fraction of sp³-hybridized carbons (Fsp3) is 0.241. The van der Waals surface area contributed by atoms with Gasteiger partial charge in [0.25, 0.3) is 11.7 Å². The van der Waals surface area contributed by atoms with E-state index in [4.69, 9.17) is 4.74 Å². The Hall–Kier alpha value is -4.27. The number of methoxy groups -OCH3 is 1. The van der Waals surface area contributed by atoms with Gasteiger partial charge in [-0.3, -0.25) is 14.5 Å². The van der Waals surface area contributed by atoms with E-state index in [1.807, 2.05) is 32.0 Å². The smallest absolute Gasteiger partial charge is 0.416 e. The minimum Gasteiger partial charge on any atom is -0.507 e. The van der Waals surface area contributed by atoms with Crippen molar-refractivity contribution in [2.45, 2.75) is 26.1 Å². The highest BCUT2D eigenvalue weighted by molar-refractivity contribution is 6.51. The van der Waals surface area contributed by atoms with Crippen LogP contribution in [0.25, 0.3) is 5.76 Å². The van der Waals surface area contributed by atoms with Gasteiger partial charge in [0.05, 0.1) is 29.9 Å². The molecule has 0 saturated carbocycles. The molecule has 4 rings (SSSR count). The van der Waals surface area contributed by atoms with Gasteiger partial charge in [-0.1, -0.05) is 18.2 Å². The summed E-state index contributed by atoms with van der Waals surface area (Å²) in [4.78, 5) is 29.8. The molecule has 0 radical (unpaired) electrons. The van der Waals surface area contributed by atoms with Crippen LogP contribution in [0.5, 0.6) is 5.75 Å². The van der Waals surface area contributed by atoms with Crippen LogP contribution in [-0.2, 0) is 15.8 Å². The Kier molecular flexibility index (Phi) is 6.97. The normalized spacial score (nSPS) is 17.2. The van der Waals surface area contributed by atoms with Crippen molar-refractivity contribution in [2.75, 3.05) is 31.0 Å². The molecule has 0 spiro atoms. The van der Waals surface area contributed by atoms with Crippen molar-refractivity contribution in [3.63, 3.8) is 0 Å². The molecule has 1 aliphatic heterocycles. The molecular weight excluding hydrogens is 497 g/mol. The third kappa shape index (κ3) is 4.71. The summed E-state index contributed by atoms with van der Waals surface area (Å²) in [6, 6.07) is 13.4. The maximum absolute atomic E-state index is 13.4. The summed E-state index contributed by atoms with van der Waals surface area (Å²) in [7, 11) is 5.15. The summed E-state index contributed by atoms with van der Waals surface area (Å²) < 4.78 is 45.0. The first-order valence-electron chi connectivity index (χ1n) is 11.8. The largest absolute Gasteiger partial charge is 0.507 e. The number of aliphatic hydroxyl groups excluding tert-OH is 1. The Bertz CT molecular complexity index is 1430. The van der Waals surface area contributed by atoms with E-state index in [1.165, 1.54) is 7.11 Å². The number of aliphatic hydroxyl groups is 1. The number of hydrogen-bond acceptors (Lipinski definition) is 5. The highest BCUT2D eigenvalue weighted by Gasteiger charge is 2.47. The highest BCUT2D eigenvalue weighted by Crippen LogP contribution is 2.44. The van der Waals surface area contributed by atoms with E-state index in [0.29, 0.717) is 11.3 Å². The molecule has 1 heterocycles. The lowest BCUT2D eigenvalue weighted by Crippen LogP contribution is -2.29. The summed E-state index contributed by atoms with van der Waals surface area (Å²) in [6.45, 7) is 3.61. The van der Waals surface area contributed by atoms with Crippen molar-refractivity contribution in [3.8, 4) is 5.75 Å². The second kappa shape index (κ2) is 9.89. The van der Waals surface area contributed by atoms with Gasteiger partial charge >= 0.3 is 6.18 Å². The van der Waals surface area contributed by atoms with Crippen LogP contribution in [0.2, 0.25) is 0 Å². The molecule has 3 aromatic carbocycles. The van der Waals surface area contributed by atoms with Gasteiger partial charge < -0.3 is 14.7 Å². The molecule has 0 aromatic heterocycles. The Balaban J connectivity index is 1.96. The quantitative estimate of drug-likeness (QED) is 0.251. The molecule has 1 unspecified atom stereocenters. The monoisotopic (exact) mass is 524 g/mol. The van der Waals surface area contributed by atoms with Crippen molar-refractivity contribution < 1.29 is 32.6 Å². The zero-order valence-electron chi connectivity index (χ0n) is 21.6. The number of alkyl halides is 3. The lowest BCUT2D eigenvalue weighted by atomic mass is 9.93. The Morgan fingerprint density at radius 3 is 2.11 bits per heavy atom. The first-order chi connectivity index (χ1) is 17.8. The van der Waals surface area contributed by atoms with E-state index in [2.05, 4.69) is 0 Å². The first-order valence-corrected chi connectivity index (χ1v) is 11.8. The number of Topliss-reactive ketones (excluding diaryl/α,β-unsaturated/α-hetero) is 1. The number of anilines is 2. The topological polar surface area (TPSA) is 70.1 Å². The van der Waals surface area contributed by atoms with Crippen LogP contribution in [0.4, 0.5) is 24.5 Å². The molecule has 0 aliphatic carbocycles. The summed E-state index contributed by atoms with van der Waals surface area (Å²) in [5.41, 5.74) is 2.14. The molecule has 6 nitrogen and oxygen atoms in total. The highest BCUT2D eigenvalue weighted by atomic mass is 19.4. The van der Waals surface area contributed by atoms with E-state index in [0.717, 1.165) is 46.0 Å². The number of halogens is 3. The average molecular weight is 525 g/mol. The average Bonchev–Trinajstić information content (AvgIpc) is 3.13. The van der Waals surface area contributed by atoms with E-state index >= 15 is 0 Å². The third-order valence-corrected chi connectivity index (χ3v) is 6.52. The van der Waals surface area contributed by atoms with E-state index in [-0.39, 0.29) is 16.8 Å². The lowest BCUT2D eigenvalue weighted by molar-refractivity contribution is -0.137. The molecule has 1 aliphatic rings. The van der Waals surface area contributed by atoms with E-state index in [1.54, 1.807) is 37.3 Å². The Morgan fingerprint density at radius 2 is 1.58 bits per heavy atom. The van der Waals surface area contributed by atoms with Crippen molar-refractivity contribution in [3.05, 3.63) is 94.1 Å². The van der Waals surface area contributed by atoms with Gasteiger partial charge in [-0.15, -0.1) is 0 Å². The van der Waals surface area contributed by atoms with Crippen LogP contribution in [0, 0.1) is 13.8 Å². The second-order valence-corrected chi connectivity index (χ2v) is 9.36. The summed E-state index contributed by atoms with van der Waals surface area (Å²) in [5, 5.41) is 11.5. The predicted molar refractivity (Wildman–Crippen MR) is 139 cm³/mol. The number of hydrogen-bond donors (Lipinski definition) is 1. The summed E-state index contributed by atoms with van der Waals surface area (Å²) >= 11 is 0. The molecule has 1 saturated heterocycles. The minimum atomic E-state index is -4.56. The van der Waals surface area contributed by atoms with Crippen LogP contribution in [-0.4, -0.2) is 38.0 Å². The van der Waals surface area contributed by atoms with Gasteiger partial charge in [-0.05, 0) is 73.0 Å². The number of ether oxygens (including phenoxy) is 1. The zero-order chi connectivity index (χ0) is 27.9. The van der Waals surface area contributed by atoms with Crippen molar-refractivity contribution in [1.82, 2.24) is 0 Å². The van der Waals surface area contributed by atoms with Gasteiger partial charge in [0, 0.05) is 25.5 Å². The van der Waals surface area contributed by atoms with Crippen LogP contribution < -0.4 is 14.5 Å². The van der Waals surface area contributed by atoms with Crippen LogP contribution in [0.1, 0.15) is 33.9 Å². The fourth-order valence-electron chi connectivity index (χ4n) is 4.73. The number of carbonyl (C=O) groups excluding carboxylic acids is 2. The van der Waals surface area contributed by atoms with E-state index < -0.39 is 35.2 Å². The van der Waals surface area contributed by atoms with Gasteiger partial charge in [-0.2, -0.15) is 13.2 Å². The zero-order valence-corrected chi connectivity index (χ0v) is 21.6. The minimum absolute atomic E-state index is 0.0909. The molecule has 1 fully saturated rings. The number of aryl methyl sites for hydroxylation is 2. The molecular formula is C29H27F3N2O4. The molecule has 198 valence electrons. The van der Waals surface area contributed by atoms with Crippen LogP contribution in [0.15, 0.2) is 66.2 Å². The van der Waals surface area contributed by atoms with Crippen LogP contribution >= 0.6 is 0 Å². The number of carbonyl (C=O) groups is 2. The summed E-state index contributed by atoms with van der Waals surface area (Å²) in [6.07, 6.45) is -4.56. The number of nitrogens with zero attached hydrogens (tertiary/aromatic N) is 2. The number of amides is 1. The van der Waals surface area contributed by atoms with Gasteiger partial charge in [0.2, 0.25) is 0 Å². The molecule has 0 bridgehead atoms. The predicted octanol–water partition coefficient (Wildman–Crippen LogP) is 6.02. The van der Waals surface area contributed by atoms with Crippen molar-refractivity contribution in [1.29, 1.82) is 0 Å². The third-order valence-electron chi connectivity index (χ3n) is 6.52. The standard InChI is InChI=1S/C29H27F3N2O4/c1-16-14-17(2)27(38-5)22(15-16)25(35)23-24(18-6-10-20(11-7-18)33(3)4)34(28(37)26(23)36)21-12-8-19(9-13-21)29(30,31)32/h6-15,24,35H,1-5H3/b25-23+. The van der Waals surface area contributed by atoms with Crippen LogP contribution in [0.3, 0.4) is 0 Å². The van der Waals surface area contributed by atoms with Crippen molar-refractivity contribution in [2.24, 2.45) is 0 Å². The number of benzene rings is 3. The SMILES string of the molecule is COc1c(C)cc(C)cc1/C(O)=C1\C(=O)C(=O)N(c2ccc(C(F)(F)F)cc2)C1c1ccc(N(C)C)cc1. The van der Waals surface area contributed by atoms with Crippen molar-refractivity contribution >= 4 is 28.8 Å². The second-order valence-electron chi connectivity index (χ2n) is 9.36. The maximum Gasteiger partial charge on any atom is 0.416 e. The molecule has 1 atom stereocenters. The molecule has 1 amide bonds. The Morgan fingerprint density at radius 1 is 0.974 bits per heavy atom. The van der Waals surface area contributed by atoms with E-state index in [9.17, 15) is 27.9 Å². The molecule has 1 N–H and O–H groups in total. The number of ketones is 1. The molecule has 38 heavy (non-hydrogen) atoms. The Labute approximate surface area is 218 Å². The first kappa shape index (κ1) is 26.8. The molecule has 3 aromatic rings. The van der Waals surface area contributed by atoms with Gasteiger partial charge in [0.1, 0.15) is 11.5 Å².